The van der Waals surface area contributed by atoms with Crippen LogP contribution in [0.4, 0.5) is 0 Å². The predicted molar refractivity (Wildman–Crippen MR) is 146 cm³/mol. The highest BCUT2D eigenvalue weighted by molar-refractivity contribution is 7.47. The van der Waals surface area contributed by atoms with Crippen molar-refractivity contribution >= 4 is 7.82 Å². The van der Waals surface area contributed by atoms with Crippen molar-refractivity contribution in [1.29, 1.82) is 0 Å². The van der Waals surface area contributed by atoms with Crippen molar-refractivity contribution in [1.82, 2.24) is 0 Å². The average Bonchev–Trinajstić information content (AvgIpc) is 2.78. The summed E-state index contributed by atoms with van der Waals surface area (Å²) in [4.78, 5) is 9.60. The Morgan fingerprint density at radius 1 is 0.629 bits per heavy atom. The lowest BCUT2D eigenvalue weighted by Gasteiger charge is -2.24. The molecule has 0 bridgehead atoms. The number of unbranched alkanes of at least 4 members (excludes halogenated alkanes) is 12. The van der Waals surface area contributed by atoms with Gasteiger partial charge < -0.3 is 18.9 Å². The van der Waals surface area contributed by atoms with E-state index in [1.165, 1.54) is 83.5 Å². The number of allylic oxidation sites excluding steroid dienone is 2. The Bertz CT molecular complexity index is 524. The quantitative estimate of drug-likeness (QED) is 0.0548. The van der Waals surface area contributed by atoms with Gasteiger partial charge in [-0.3, -0.25) is 9.05 Å². The van der Waals surface area contributed by atoms with Gasteiger partial charge in [-0.05, 0) is 32.1 Å². The van der Waals surface area contributed by atoms with Gasteiger partial charge in [-0.2, -0.15) is 0 Å². The normalized spacial score (nSPS) is 14.1. The predicted octanol–water partition coefficient (Wildman–Crippen LogP) is 6.90. The van der Waals surface area contributed by atoms with Gasteiger partial charge in [0.15, 0.2) is 0 Å². The summed E-state index contributed by atoms with van der Waals surface area (Å²) in [5, 5.41) is 0. The van der Waals surface area contributed by atoms with Crippen molar-refractivity contribution < 1.29 is 32.5 Å². The highest BCUT2D eigenvalue weighted by atomic mass is 31.2. The van der Waals surface area contributed by atoms with Crippen molar-refractivity contribution in [3.63, 3.8) is 0 Å². The number of likely N-dealkylation sites (N-methyl/N-ethyl adjacent to an activating group) is 1. The molecule has 0 rings (SSSR count). The topological polar surface area (TPSA) is 74.2 Å². The van der Waals surface area contributed by atoms with Crippen molar-refractivity contribution in [3.05, 3.63) is 12.2 Å². The van der Waals surface area contributed by atoms with Crippen molar-refractivity contribution in [3.8, 4) is 0 Å². The highest BCUT2D eigenvalue weighted by Crippen LogP contribution is 2.42. The Morgan fingerprint density at radius 3 is 1.66 bits per heavy atom. The second-order valence-corrected chi connectivity index (χ2v) is 11.8. The minimum atomic E-state index is -4.00. The fourth-order valence-corrected chi connectivity index (χ4v) is 4.14. The summed E-state index contributed by atoms with van der Waals surface area (Å²) in [6, 6.07) is 0. The summed E-state index contributed by atoms with van der Waals surface area (Å²) < 4.78 is 33.2. The van der Waals surface area contributed by atoms with Crippen LogP contribution < -0.4 is 0 Å². The van der Waals surface area contributed by atoms with E-state index in [0.29, 0.717) is 24.2 Å². The minimum Gasteiger partial charge on any atom is -0.379 e. The second kappa shape index (κ2) is 24.1. The molecule has 8 heteroatoms. The Balaban J connectivity index is 3.27. The van der Waals surface area contributed by atoms with Gasteiger partial charge in [0.05, 0.1) is 47.6 Å². The Morgan fingerprint density at radius 2 is 1.09 bits per heavy atom. The Labute approximate surface area is 216 Å². The smallest absolute Gasteiger partial charge is 0.379 e. The summed E-state index contributed by atoms with van der Waals surface area (Å²) in [6.07, 6.45) is 23.0. The number of hydrogen-bond acceptors (Lipinski definition) is 5. The maximum atomic E-state index is 11.7. The molecule has 1 atom stereocenters. The van der Waals surface area contributed by atoms with E-state index >= 15 is 0 Å². The molecule has 0 aliphatic heterocycles. The fourth-order valence-electron chi connectivity index (χ4n) is 3.45. The molecule has 0 saturated heterocycles. The monoisotopic (exact) mass is 522 g/mol. The van der Waals surface area contributed by atoms with E-state index in [0.717, 1.165) is 13.0 Å². The molecule has 0 aromatic carbocycles. The zero-order chi connectivity index (χ0) is 26.1. The molecule has 1 N–H and O–H groups in total. The van der Waals surface area contributed by atoms with Crippen LogP contribution in [0, 0.1) is 0 Å². The zero-order valence-corrected chi connectivity index (χ0v) is 24.3. The molecule has 0 aromatic heterocycles. The molecule has 210 valence electrons. The lowest BCUT2D eigenvalue weighted by Crippen LogP contribution is -2.37. The summed E-state index contributed by atoms with van der Waals surface area (Å²) in [5.41, 5.74) is 0. The van der Waals surface area contributed by atoms with Crippen molar-refractivity contribution in [2.75, 3.05) is 67.3 Å². The first-order chi connectivity index (χ1) is 16.8. The van der Waals surface area contributed by atoms with E-state index < -0.39 is 7.82 Å². The van der Waals surface area contributed by atoms with Crippen LogP contribution in [0.25, 0.3) is 0 Å². The number of phosphoric ester groups is 1. The van der Waals surface area contributed by atoms with Crippen LogP contribution >= 0.6 is 7.82 Å². The molecular weight excluding hydrogens is 465 g/mol. The number of rotatable bonds is 27. The van der Waals surface area contributed by atoms with Gasteiger partial charge in [-0.1, -0.05) is 76.9 Å². The van der Waals surface area contributed by atoms with Gasteiger partial charge in [-0.25, -0.2) is 4.57 Å². The van der Waals surface area contributed by atoms with E-state index in [4.69, 9.17) is 18.5 Å². The Hall–Kier alpha value is -0.270. The van der Waals surface area contributed by atoms with E-state index in [1.54, 1.807) is 0 Å². The number of phosphoric acid groups is 1. The molecule has 1 unspecified atom stereocenters. The average molecular weight is 523 g/mol. The number of hydrogen-bond donors (Lipinski definition) is 1. The van der Waals surface area contributed by atoms with Crippen LogP contribution in [0.3, 0.4) is 0 Å². The molecule has 0 amide bonds. The van der Waals surface area contributed by atoms with E-state index in [-0.39, 0.29) is 19.8 Å². The standard InChI is InChI=1S/C27H56NO6P/c1-5-6-7-8-9-10-11-12-13-14-15-16-17-18-19-20-22-31-24-25-32-26-27-34-35(29,30)33-23-21-28(2,3)4/h12-13H,5-11,14-27H2,1-4H3/p+1. The second-order valence-electron chi connectivity index (χ2n) is 10.3. The molecule has 0 aliphatic carbocycles. The third-order valence-electron chi connectivity index (χ3n) is 5.67. The van der Waals surface area contributed by atoms with Crippen LogP contribution in [0.2, 0.25) is 0 Å². The maximum Gasteiger partial charge on any atom is 0.472 e. The van der Waals surface area contributed by atoms with E-state index in [2.05, 4.69) is 19.1 Å². The maximum absolute atomic E-state index is 11.7. The molecule has 35 heavy (non-hydrogen) atoms. The fraction of sp³-hybridized carbons (Fsp3) is 0.926. The van der Waals surface area contributed by atoms with E-state index in [9.17, 15) is 9.46 Å². The van der Waals surface area contributed by atoms with Gasteiger partial charge in [-0.15, -0.1) is 0 Å². The van der Waals surface area contributed by atoms with Crippen LogP contribution in [0.1, 0.15) is 96.8 Å². The lowest BCUT2D eigenvalue weighted by atomic mass is 10.1. The van der Waals surface area contributed by atoms with Gasteiger partial charge in [0.1, 0.15) is 13.2 Å². The zero-order valence-electron chi connectivity index (χ0n) is 23.4. The van der Waals surface area contributed by atoms with Gasteiger partial charge >= 0.3 is 7.82 Å². The summed E-state index contributed by atoms with van der Waals surface area (Å²) >= 11 is 0. The van der Waals surface area contributed by atoms with Crippen LogP contribution in [0.5, 0.6) is 0 Å². The molecule has 0 heterocycles. The number of nitrogens with zero attached hydrogens (tertiary/aromatic N) is 1. The van der Waals surface area contributed by atoms with Gasteiger partial charge in [0.25, 0.3) is 0 Å². The molecule has 0 aliphatic rings. The first-order valence-electron chi connectivity index (χ1n) is 14.0. The highest BCUT2D eigenvalue weighted by Gasteiger charge is 2.22. The minimum absolute atomic E-state index is 0.0209. The third-order valence-corrected chi connectivity index (χ3v) is 6.69. The largest absolute Gasteiger partial charge is 0.472 e. The summed E-state index contributed by atoms with van der Waals surface area (Å²) in [5.74, 6) is 0. The van der Waals surface area contributed by atoms with Gasteiger partial charge in [0.2, 0.25) is 0 Å². The van der Waals surface area contributed by atoms with Crippen LogP contribution in [-0.4, -0.2) is 76.7 Å². The molecule has 0 fully saturated rings. The summed E-state index contributed by atoms with van der Waals surface area (Å²) in [6.45, 7) is 5.06. The lowest BCUT2D eigenvalue weighted by molar-refractivity contribution is -0.870. The van der Waals surface area contributed by atoms with Gasteiger partial charge in [0, 0.05) is 6.61 Å². The molecule has 0 saturated carbocycles. The third kappa shape index (κ3) is 29.8. The molecule has 0 spiro atoms. The summed E-state index contributed by atoms with van der Waals surface area (Å²) in [7, 11) is 1.96. The van der Waals surface area contributed by atoms with E-state index in [1.807, 2.05) is 21.1 Å². The SMILES string of the molecule is CCCCCCCCC=CCCCCCCCCOCCOCCOP(=O)(O)OCC[N+](C)(C)C. The molecule has 0 radical (unpaired) electrons. The van der Waals surface area contributed by atoms with Crippen molar-refractivity contribution in [2.24, 2.45) is 0 Å². The van der Waals surface area contributed by atoms with Crippen LogP contribution in [0.15, 0.2) is 12.2 Å². The van der Waals surface area contributed by atoms with Crippen molar-refractivity contribution in [2.45, 2.75) is 96.8 Å². The first-order valence-corrected chi connectivity index (χ1v) is 15.5. The molecule has 7 nitrogen and oxygen atoms in total. The molecular formula is C27H57NO6P+. The first kappa shape index (κ1) is 34.7. The number of ether oxygens (including phenoxy) is 2. The number of quaternary nitrogens is 1. The Kier molecular flexibility index (Phi) is 23.9. The van der Waals surface area contributed by atoms with Crippen LogP contribution in [-0.2, 0) is 23.1 Å². The molecule has 0 aromatic rings.